The zero-order chi connectivity index (χ0) is 13.5. The average Bonchev–Trinajstić information content (AvgIpc) is 2.31. The number of unbranched alkanes of at least 4 members (excludes halogenated alkanes) is 1. The van der Waals surface area contributed by atoms with E-state index >= 15 is 0 Å². The second-order valence-corrected chi connectivity index (χ2v) is 4.08. The molecule has 1 heterocycles. The number of anilines is 1. The Morgan fingerprint density at radius 3 is 2.89 bits per heavy atom. The first kappa shape index (κ1) is 14.3. The Hall–Kier alpha value is -1.78. The Kier molecular flexibility index (Phi) is 5.42. The van der Waals surface area contributed by atoms with Gasteiger partial charge in [0.2, 0.25) is 0 Å². The largest absolute Gasteiger partial charge is 0.475 e. The second kappa shape index (κ2) is 6.83. The normalized spacial score (nSPS) is 12.9. The molecule has 0 saturated carbocycles. The van der Waals surface area contributed by atoms with Gasteiger partial charge in [-0.15, -0.1) is 0 Å². The summed E-state index contributed by atoms with van der Waals surface area (Å²) in [7, 11) is 1.88. The van der Waals surface area contributed by atoms with Crippen LogP contribution in [0.5, 0.6) is 5.88 Å². The van der Waals surface area contributed by atoms with E-state index in [9.17, 15) is 0 Å². The van der Waals surface area contributed by atoms with Gasteiger partial charge in [-0.2, -0.15) is 4.98 Å². The van der Waals surface area contributed by atoms with Crippen LogP contribution in [0.2, 0.25) is 0 Å². The molecule has 0 aliphatic heterocycles. The number of hydrogen-bond donors (Lipinski definition) is 1. The summed E-state index contributed by atoms with van der Waals surface area (Å²) in [5.41, 5.74) is 7.35. The zero-order valence-corrected chi connectivity index (χ0v) is 11.6. The van der Waals surface area contributed by atoms with Crippen LogP contribution in [0.3, 0.4) is 0 Å². The minimum Gasteiger partial charge on any atom is -0.475 e. The fraction of sp³-hybridized carbons (Fsp3) is 0.538. The highest BCUT2D eigenvalue weighted by atomic mass is 16.5. The number of nitrogens with zero attached hydrogens (tertiary/aromatic N) is 3. The standard InChI is InChI=1S/C13H22N4O/c1-5-7-8-10(3)15-12-13(18-6-2)16-11(14)9-17(12)4/h8-9H,5-7,14H2,1-4H3/b10-8+,15-12?. The van der Waals surface area contributed by atoms with E-state index in [1.807, 2.05) is 25.5 Å². The molecule has 1 aromatic rings. The number of nitrogens with two attached hydrogens (primary N) is 1. The lowest BCUT2D eigenvalue weighted by Gasteiger charge is -2.08. The molecule has 0 bridgehead atoms. The third kappa shape index (κ3) is 3.91. The summed E-state index contributed by atoms with van der Waals surface area (Å²) in [6.45, 7) is 6.56. The highest BCUT2D eigenvalue weighted by Crippen LogP contribution is 2.05. The van der Waals surface area contributed by atoms with Gasteiger partial charge in [0.05, 0.1) is 6.61 Å². The van der Waals surface area contributed by atoms with Gasteiger partial charge in [0.25, 0.3) is 5.88 Å². The molecule has 0 fully saturated rings. The SMILES string of the molecule is CCC/C=C(\C)N=c1c(OCC)nc(N)cn1C. The van der Waals surface area contributed by atoms with Gasteiger partial charge in [-0.05, 0) is 20.3 Å². The van der Waals surface area contributed by atoms with Crippen LogP contribution < -0.4 is 16.0 Å². The van der Waals surface area contributed by atoms with Crippen molar-refractivity contribution in [2.45, 2.75) is 33.6 Å². The summed E-state index contributed by atoms with van der Waals surface area (Å²) in [5.74, 6) is 0.902. The Morgan fingerprint density at radius 2 is 2.28 bits per heavy atom. The van der Waals surface area contributed by atoms with Gasteiger partial charge < -0.3 is 15.0 Å². The van der Waals surface area contributed by atoms with Gasteiger partial charge in [0.1, 0.15) is 5.82 Å². The molecule has 18 heavy (non-hydrogen) atoms. The van der Waals surface area contributed by atoms with Crippen LogP contribution in [0.25, 0.3) is 0 Å². The molecule has 2 N–H and O–H groups in total. The van der Waals surface area contributed by atoms with Crippen LogP contribution in [0.1, 0.15) is 33.6 Å². The maximum absolute atomic E-state index is 5.70. The number of aryl methyl sites for hydroxylation is 1. The monoisotopic (exact) mass is 250 g/mol. The highest BCUT2D eigenvalue weighted by Gasteiger charge is 2.04. The summed E-state index contributed by atoms with van der Waals surface area (Å²) in [6, 6.07) is 0. The molecular weight excluding hydrogens is 228 g/mol. The fourth-order valence-electron chi connectivity index (χ4n) is 1.53. The van der Waals surface area contributed by atoms with Crippen molar-refractivity contribution in [1.29, 1.82) is 0 Å². The molecule has 1 rings (SSSR count). The van der Waals surface area contributed by atoms with Crippen LogP contribution in [0.4, 0.5) is 5.82 Å². The summed E-state index contributed by atoms with van der Waals surface area (Å²) in [4.78, 5) is 8.71. The maximum atomic E-state index is 5.70. The number of nitrogen functional groups attached to an aromatic ring is 1. The Balaban J connectivity index is 3.24. The molecule has 0 saturated heterocycles. The minimum atomic E-state index is 0.426. The summed E-state index contributed by atoms with van der Waals surface area (Å²) in [5, 5.41) is 0. The van der Waals surface area contributed by atoms with Crippen molar-refractivity contribution >= 4 is 5.82 Å². The summed E-state index contributed by atoms with van der Waals surface area (Å²) < 4.78 is 7.30. The minimum absolute atomic E-state index is 0.426. The third-order valence-corrected chi connectivity index (χ3v) is 2.37. The van der Waals surface area contributed by atoms with Crippen LogP contribution >= 0.6 is 0 Å². The van der Waals surface area contributed by atoms with Crippen molar-refractivity contribution in [1.82, 2.24) is 9.55 Å². The molecule has 5 nitrogen and oxygen atoms in total. The molecule has 0 spiro atoms. The molecule has 0 aromatic carbocycles. The molecule has 0 aliphatic rings. The first-order chi connectivity index (χ1) is 8.58. The second-order valence-electron chi connectivity index (χ2n) is 4.08. The lowest BCUT2D eigenvalue weighted by molar-refractivity contribution is 0.318. The van der Waals surface area contributed by atoms with Crippen LogP contribution in [-0.4, -0.2) is 16.2 Å². The van der Waals surface area contributed by atoms with Gasteiger partial charge >= 0.3 is 0 Å². The van der Waals surface area contributed by atoms with Gasteiger partial charge in [0, 0.05) is 18.9 Å². The van der Waals surface area contributed by atoms with E-state index in [2.05, 4.69) is 23.0 Å². The van der Waals surface area contributed by atoms with Crippen molar-refractivity contribution in [3.8, 4) is 5.88 Å². The predicted molar refractivity (Wildman–Crippen MR) is 73.0 cm³/mol. The van der Waals surface area contributed by atoms with Gasteiger partial charge in [-0.3, -0.25) is 0 Å². The number of aromatic nitrogens is 2. The van der Waals surface area contributed by atoms with Crippen molar-refractivity contribution < 1.29 is 4.74 Å². The van der Waals surface area contributed by atoms with E-state index in [0.717, 1.165) is 18.5 Å². The summed E-state index contributed by atoms with van der Waals surface area (Å²) >= 11 is 0. The molecule has 0 atom stereocenters. The van der Waals surface area contributed by atoms with E-state index in [1.54, 1.807) is 6.20 Å². The van der Waals surface area contributed by atoms with Crippen molar-refractivity contribution in [3.63, 3.8) is 0 Å². The maximum Gasteiger partial charge on any atom is 0.259 e. The van der Waals surface area contributed by atoms with E-state index in [0.29, 0.717) is 23.8 Å². The predicted octanol–water partition coefficient (Wildman–Crippen LogP) is 2.01. The molecule has 0 amide bonds. The average molecular weight is 250 g/mol. The molecule has 5 heteroatoms. The third-order valence-electron chi connectivity index (χ3n) is 2.37. The topological polar surface area (TPSA) is 65.4 Å². The number of rotatable bonds is 5. The number of allylic oxidation sites excluding steroid dienone is 2. The van der Waals surface area contributed by atoms with Crippen molar-refractivity contribution in [2.24, 2.45) is 12.0 Å². The Labute approximate surface area is 108 Å². The quantitative estimate of drug-likeness (QED) is 0.869. The lowest BCUT2D eigenvalue weighted by atomic mass is 10.3. The summed E-state index contributed by atoms with van der Waals surface area (Å²) in [6.07, 6.45) is 5.96. The Bertz CT molecular complexity index is 488. The Morgan fingerprint density at radius 1 is 1.56 bits per heavy atom. The van der Waals surface area contributed by atoms with Crippen LogP contribution in [0, 0.1) is 0 Å². The van der Waals surface area contributed by atoms with Gasteiger partial charge in [0.15, 0.2) is 5.49 Å². The molecule has 0 unspecified atom stereocenters. The van der Waals surface area contributed by atoms with Crippen LogP contribution in [-0.2, 0) is 7.05 Å². The first-order valence-corrected chi connectivity index (χ1v) is 6.25. The molecule has 0 radical (unpaired) electrons. The highest BCUT2D eigenvalue weighted by molar-refractivity contribution is 5.27. The molecule has 1 aromatic heterocycles. The number of hydrogen-bond acceptors (Lipinski definition) is 4. The molecule has 0 aliphatic carbocycles. The van der Waals surface area contributed by atoms with E-state index in [-0.39, 0.29) is 0 Å². The van der Waals surface area contributed by atoms with E-state index < -0.39 is 0 Å². The smallest absolute Gasteiger partial charge is 0.259 e. The molecule has 100 valence electrons. The molecular formula is C13H22N4O. The van der Waals surface area contributed by atoms with Crippen molar-refractivity contribution in [3.05, 3.63) is 23.5 Å². The lowest BCUT2D eigenvalue weighted by Crippen LogP contribution is -2.23. The van der Waals surface area contributed by atoms with Gasteiger partial charge in [-0.25, -0.2) is 4.99 Å². The van der Waals surface area contributed by atoms with E-state index in [4.69, 9.17) is 10.5 Å². The van der Waals surface area contributed by atoms with E-state index in [1.165, 1.54) is 0 Å². The van der Waals surface area contributed by atoms with Crippen molar-refractivity contribution in [2.75, 3.05) is 12.3 Å². The van der Waals surface area contributed by atoms with Gasteiger partial charge in [-0.1, -0.05) is 19.4 Å². The van der Waals surface area contributed by atoms with Crippen LogP contribution in [0.15, 0.2) is 23.0 Å². The zero-order valence-electron chi connectivity index (χ0n) is 11.6. The first-order valence-electron chi connectivity index (χ1n) is 6.25. The number of ether oxygens (including phenoxy) is 1. The fourth-order valence-corrected chi connectivity index (χ4v) is 1.53.